The van der Waals surface area contributed by atoms with Gasteiger partial charge in [-0.1, -0.05) is 15.9 Å². The van der Waals surface area contributed by atoms with Gasteiger partial charge in [-0.05, 0) is 63.0 Å². The lowest BCUT2D eigenvalue weighted by Gasteiger charge is -2.32. The zero-order chi connectivity index (χ0) is 13.7. The minimum atomic E-state index is -0.226. The molecule has 1 aromatic carbocycles. The molecule has 1 saturated heterocycles. The van der Waals surface area contributed by atoms with Gasteiger partial charge in [-0.3, -0.25) is 0 Å². The summed E-state index contributed by atoms with van der Waals surface area (Å²) < 4.78 is 6.90. The van der Waals surface area contributed by atoms with Crippen molar-refractivity contribution in [1.29, 1.82) is 0 Å². The summed E-state index contributed by atoms with van der Waals surface area (Å²) in [5, 5.41) is 9.37. The topological polar surface area (TPSA) is 32.7 Å². The normalized spacial score (nSPS) is 19.3. The van der Waals surface area contributed by atoms with Crippen LogP contribution in [0, 0.1) is 5.92 Å². The van der Waals surface area contributed by atoms with E-state index in [1.165, 1.54) is 0 Å². The molecule has 1 unspecified atom stereocenters. The zero-order valence-electron chi connectivity index (χ0n) is 11.4. The van der Waals surface area contributed by atoms with Crippen molar-refractivity contribution in [2.45, 2.75) is 25.9 Å². The lowest BCUT2D eigenvalue weighted by Crippen LogP contribution is -2.39. The highest BCUT2D eigenvalue weighted by molar-refractivity contribution is 9.10. The summed E-state index contributed by atoms with van der Waals surface area (Å²) in [5.41, 5.74) is 0. The van der Waals surface area contributed by atoms with E-state index in [0.717, 1.165) is 49.3 Å². The first-order valence-electron chi connectivity index (χ1n) is 6.92. The van der Waals surface area contributed by atoms with Crippen LogP contribution < -0.4 is 4.74 Å². The second-order valence-electron chi connectivity index (χ2n) is 5.36. The standard InChI is InChI=1S/C15H22BrNO2/c1-12(18)10-17-8-6-13(7-9-17)11-19-15-4-2-14(16)3-5-15/h2-5,12-13,18H,6-11H2,1H3. The van der Waals surface area contributed by atoms with Crippen molar-refractivity contribution < 1.29 is 9.84 Å². The van der Waals surface area contributed by atoms with Gasteiger partial charge in [0.1, 0.15) is 5.75 Å². The largest absolute Gasteiger partial charge is 0.493 e. The van der Waals surface area contributed by atoms with Gasteiger partial charge in [0.2, 0.25) is 0 Å². The lowest BCUT2D eigenvalue weighted by molar-refractivity contribution is 0.0881. The molecule has 0 bridgehead atoms. The molecule has 0 aromatic heterocycles. The van der Waals surface area contributed by atoms with E-state index in [2.05, 4.69) is 20.8 Å². The molecule has 19 heavy (non-hydrogen) atoms. The number of aliphatic hydroxyl groups excluding tert-OH is 1. The Bertz CT molecular complexity index is 372. The highest BCUT2D eigenvalue weighted by Crippen LogP contribution is 2.21. The van der Waals surface area contributed by atoms with Gasteiger partial charge in [-0.2, -0.15) is 0 Å². The number of aliphatic hydroxyl groups is 1. The van der Waals surface area contributed by atoms with Crippen molar-refractivity contribution in [1.82, 2.24) is 4.90 Å². The number of benzene rings is 1. The van der Waals surface area contributed by atoms with Crippen LogP contribution in [0.5, 0.6) is 5.75 Å². The van der Waals surface area contributed by atoms with Crippen molar-refractivity contribution in [3.05, 3.63) is 28.7 Å². The van der Waals surface area contributed by atoms with E-state index < -0.39 is 0 Å². The van der Waals surface area contributed by atoms with Gasteiger partial charge in [-0.15, -0.1) is 0 Å². The Kier molecular flexibility index (Phi) is 5.67. The van der Waals surface area contributed by atoms with E-state index in [0.29, 0.717) is 5.92 Å². The summed E-state index contributed by atoms with van der Waals surface area (Å²) in [6, 6.07) is 7.99. The number of likely N-dealkylation sites (tertiary alicyclic amines) is 1. The highest BCUT2D eigenvalue weighted by Gasteiger charge is 2.20. The van der Waals surface area contributed by atoms with Crippen LogP contribution in [0.2, 0.25) is 0 Å². The van der Waals surface area contributed by atoms with Gasteiger partial charge in [0.25, 0.3) is 0 Å². The van der Waals surface area contributed by atoms with Crippen molar-refractivity contribution in [3.8, 4) is 5.75 Å². The molecule has 0 amide bonds. The van der Waals surface area contributed by atoms with Crippen LogP contribution in [0.3, 0.4) is 0 Å². The van der Waals surface area contributed by atoms with E-state index in [9.17, 15) is 5.11 Å². The molecule has 0 spiro atoms. The van der Waals surface area contributed by atoms with Gasteiger partial charge in [0.05, 0.1) is 12.7 Å². The van der Waals surface area contributed by atoms with Crippen molar-refractivity contribution in [2.24, 2.45) is 5.92 Å². The Labute approximate surface area is 123 Å². The highest BCUT2D eigenvalue weighted by atomic mass is 79.9. The molecule has 2 rings (SSSR count). The third kappa shape index (κ3) is 5.13. The molecule has 0 aliphatic carbocycles. The Morgan fingerprint density at radius 2 is 1.95 bits per heavy atom. The van der Waals surface area contributed by atoms with Gasteiger partial charge in [0, 0.05) is 11.0 Å². The molecule has 4 heteroatoms. The number of halogens is 1. The molecule has 0 radical (unpaired) electrons. The first kappa shape index (κ1) is 14.8. The van der Waals surface area contributed by atoms with Crippen LogP contribution in [0.1, 0.15) is 19.8 Å². The molecule has 1 atom stereocenters. The predicted molar refractivity (Wildman–Crippen MR) is 80.5 cm³/mol. The molecule has 1 N–H and O–H groups in total. The van der Waals surface area contributed by atoms with Gasteiger partial charge in [-0.25, -0.2) is 0 Å². The summed E-state index contributed by atoms with van der Waals surface area (Å²) in [4.78, 5) is 2.33. The van der Waals surface area contributed by atoms with Crippen LogP contribution in [-0.2, 0) is 0 Å². The molecular weight excluding hydrogens is 306 g/mol. The molecule has 1 aliphatic heterocycles. The fourth-order valence-electron chi connectivity index (χ4n) is 2.45. The summed E-state index contributed by atoms with van der Waals surface area (Å²) in [6.07, 6.45) is 2.09. The molecule has 1 heterocycles. The maximum Gasteiger partial charge on any atom is 0.119 e. The van der Waals surface area contributed by atoms with Gasteiger partial charge < -0.3 is 14.7 Å². The van der Waals surface area contributed by atoms with Crippen LogP contribution in [0.4, 0.5) is 0 Å². The molecule has 1 aliphatic rings. The van der Waals surface area contributed by atoms with Crippen LogP contribution >= 0.6 is 15.9 Å². The second kappa shape index (κ2) is 7.27. The van der Waals surface area contributed by atoms with Gasteiger partial charge >= 0.3 is 0 Å². The smallest absolute Gasteiger partial charge is 0.119 e. The Morgan fingerprint density at radius 1 is 1.32 bits per heavy atom. The number of hydrogen-bond acceptors (Lipinski definition) is 3. The summed E-state index contributed by atoms with van der Waals surface area (Å²) in [5.74, 6) is 1.57. The molecule has 1 fully saturated rings. The number of ether oxygens (including phenoxy) is 1. The number of piperidine rings is 1. The van der Waals surface area contributed by atoms with Crippen LogP contribution in [0.25, 0.3) is 0 Å². The van der Waals surface area contributed by atoms with E-state index in [1.54, 1.807) is 0 Å². The average molecular weight is 328 g/mol. The predicted octanol–water partition coefficient (Wildman–Crippen LogP) is 2.92. The van der Waals surface area contributed by atoms with Crippen LogP contribution in [0.15, 0.2) is 28.7 Å². The minimum Gasteiger partial charge on any atom is -0.493 e. The van der Waals surface area contributed by atoms with Crippen molar-refractivity contribution in [3.63, 3.8) is 0 Å². The maximum absolute atomic E-state index is 9.37. The number of rotatable bonds is 5. The molecule has 106 valence electrons. The summed E-state index contributed by atoms with van der Waals surface area (Å²) in [6.45, 7) is 5.58. The molecule has 0 saturated carbocycles. The quantitative estimate of drug-likeness (QED) is 0.902. The first-order valence-corrected chi connectivity index (χ1v) is 7.71. The third-order valence-electron chi connectivity index (χ3n) is 3.53. The zero-order valence-corrected chi connectivity index (χ0v) is 13.0. The van der Waals surface area contributed by atoms with E-state index in [1.807, 2.05) is 31.2 Å². The Hall–Kier alpha value is -0.580. The molecular formula is C15H22BrNO2. The molecule has 3 nitrogen and oxygen atoms in total. The third-order valence-corrected chi connectivity index (χ3v) is 4.06. The molecule has 1 aromatic rings. The first-order chi connectivity index (χ1) is 9.13. The lowest BCUT2D eigenvalue weighted by atomic mass is 9.97. The Balaban J connectivity index is 1.69. The minimum absolute atomic E-state index is 0.226. The monoisotopic (exact) mass is 327 g/mol. The number of nitrogens with zero attached hydrogens (tertiary/aromatic N) is 1. The fraction of sp³-hybridized carbons (Fsp3) is 0.600. The fourth-order valence-corrected chi connectivity index (χ4v) is 2.72. The number of β-amino-alcohol motifs (C(OH)–C–C–N with tert-alkyl or cyclic N) is 1. The maximum atomic E-state index is 9.37. The Morgan fingerprint density at radius 3 is 2.53 bits per heavy atom. The number of hydrogen-bond donors (Lipinski definition) is 1. The summed E-state index contributed by atoms with van der Waals surface area (Å²) in [7, 11) is 0. The summed E-state index contributed by atoms with van der Waals surface area (Å²) >= 11 is 3.42. The van der Waals surface area contributed by atoms with Crippen molar-refractivity contribution in [2.75, 3.05) is 26.2 Å². The van der Waals surface area contributed by atoms with Crippen LogP contribution in [-0.4, -0.2) is 42.4 Å². The van der Waals surface area contributed by atoms with E-state index in [-0.39, 0.29) is 6.10 Å². The van der Waals surface area contributed by atoms with E-state index >= 15 is 0 Å². The van der Waals surface area contributed by atoms with Crippen molar-refractivity contribution >= 4 is 15.9 Å². The second-order valence-corrected chi connectivity index (χ2v) is 6.27. The SMILES string of the molecule is CC(O)CN1CCC(COc2ccc(Br)cc2)CC1. The average Bonchev–Trinajstić information content (AvgIpc) is 2.39. The van der Waals surface area contributed by atoms with E-state index in [4.69, 9.17) is 4.74 Å². The van der Waals surface area contributed by atoms with Gasteiger partial charge in [0.15, 0.2) is 0 Å².